The van der Waals surface area contributed by atoms with E-state index in [1.54, 1.807) is 4.90 Å². The Kier molecular flexibility index (Phi) is 4.52. The second kappa shape index (κ2) is 5.68. The summed E-state index contributed by atoms with van der Waals surface area (Å²) in [6.45, 7) is 6.90. The van der Waals surface area contributed by atoms with E-state index in [-0.39, 0.29) is 17.9 Å². The van der Waals surface area contributed by atoms with Crippen molar-refractivity contribution in [3.05, 3.63) is 11.6 Å². The van der Waals surface area contributed by atoms with Crippen LogP contribution in [0.15, 0.2) is 11.6 Å². The number of amides is 2. The van der Waals surface area contributed by atoms with E-state index in [9.17, 15) is 9.59 Å². The molecule has 4 heteroatoms. The van der Waals surface area contributed by atoms with Gasteiger partial charge < -0.3 is 10.2 Å². The first kappa shape index (κ1) is 12.7. The van der Waals surface area contributed by atoms with Gasteiger partial charge in [-0.15, -0.1) is 0 Å². The van der Waals surface area contributed by atoms with Crippen LogP contribution in [-0.2, 0) is 9.59 Å². The summed E-state index contributed by atoms with van der Waals surface area (Å²) < 4.78 is 0. The Labute approximate surface area is 96.7 Å². The predicted octanol–water partition coefficient (Wildman–Crippen LogP) is 1.08. The molecule has 1 rings (SSSR count). The molecule has 0 aromatic rings. The van der Waals surface area contributed by atoms with E-state index in [4.69, 9.17) is 0 Å². The van der Waals surface area contributed by atoms with Crippen molar-refractivity contribution < 1.29 is 9.59 Å². The number of allylic oxidation sites excluding steroid dienone is 1. The number of hydrogen-bond donors (Lipinski definition) is 1. The molecule has 1 heterocycles. The van der Waals surface area contributed by atoms with Gasteiger partial charge in [-0.2, -0.15) is 0 Å². The third kappa shape index (κ3) is 2.62. The fraction of sp³-hybridized carbons (Fsp3) is 0.667. The van der Waals surface area contributed by atoms with Gasteiger partial charge in [-0.25, -0.2) is 0 Å². The van der Waals surface area contributed by atoms with Gasteiger partial charge in [0.15, 0.2) is 0 Å². The lowest BCUT2D eigenvalue weighted by Crippen LogP contribution is -2.57. The lowest BCUT2D eigenvalue weighted by molar-refractivity contribution is -0.140. The Bertz CT molecular complexity index is 310. The van der Waals surface area contributed by atoms with Gasteiger partial charge >= 0.3 is 0 Å². The zero-order valence-corrected chi connectivity index (χ0v) is 10.2. The minimum Gasteiger partial charge on any atom is -0.353 e. The Hall–Kier alpha value is -1.32. The van der Waals surface area contributed by atoms with Crippen molar-refractivity contribution >= 4 is 11.8 Å². The van der Waals surface area contributed by atoms with Crippen LogP contribution in [0, 0.1) is 0 Å². The van der Waals surface area contributed by atoms with E-state index in [0.29, 0.717) is 19.5 Å². The van der Waals surface area contributed by atoms with E-state index in [1.807, 2.05) is 26.8 Å². The molecule has 0 saturated carbocycles. The molecule has 2 amide bonds. The van der Waals surface area contributed by atoms with Crippen molar-refractivity contribution in [2.24, 2.45) is 0 Å². The zero-order chi connectivity index (χ0) is 12.1. The van der Waals surface area contributed by atoms with Crippen LogP contribution in [0.1, 0.15) is 33.6 Å². The zero-order valence-electron chi connectivity index (χ0n) is 10.2. The van der Waals surface area contributed by atoms with Gasteiger partial charge in [0, 0.05) is 18.7 Å². The molecule has 4 nitrogen and oxygen atoms in total. The molecule has 1 aliphatic heterocycles. The van der Waals surface area contributed by atoms with Gasteiger partial charge in [0.2, 0.25) is 11.8 Å². The van der Waals surface area contributed by atoms with Crippen LogP contribution < -0.4 is 5.32 Å². The standard InChI is InChI=1S/C12H20N2O2/c1-4-6-9(3)12(16)14-8-7-13-11(15)10(14)5-2/h6,10H,4-5,7-8H2,1-3H3,(H,13,15)/b9-6+/t10-/m1/s1. The summed E-state index contributed by atoms with van der Waals surface area (Å²) in [6.07, 6.45) is 3.41. The molecule has 1 atom stereocenters. The predicted molar refractivity (Wildman–Crippen MR) is 62.8 cm³/mol. The molecule has 0 aliphatic carbocycles. The van der Waals surface area contributed by atoms with Gasteiger partial charge in [0.05, 0.1) is 0 Å². The minimum absolute atomic E-state index is 0.0106. The van der Waals surface area contributed by atoms with Crippen molar-refractivity contribution in [3.63, 3.8) is 0 Å². The first-order chi connectivity index (χ1) is 7.61. The summed E-state index contributed by atoms with van der Waals surface area (Å²) in [5, 5.41) is 2.79. The van der Waals surface area contributed by atoms with Crippen molar-refractivity contribution in [2.75, 3.05) is 13.1 Å². The summed E-state index contributed by atoms with van der Waals surface area (Å²) in [4.78, 5) is 25.4. The van der Waals surface area contributed by atoms with Crippen molar-refractivity contribution in [1.82, 2.24) is 10.2 Å². The lowest BCUT2D eigenvalue weighted by atomic mass is 10.1. The van der Waals surface area contributed by atoms with Gasteiger partial charge in [0.1, 0.15) is 6.04 Å². The minimum atomic E-state index is -0.304. The molecule has 0 bridgehead atoms. The molecule has 0 aromatic carbocycles. The highest BCUT2D eigenvalue weighted by Gasteiger charge is 2.31. The highest BCUT2D eigenvalue weighted by Crippen LogP contribution is 2.12. The van der Waals surface area contributed by atoms with Crippen LogP contribution in [-0.4, -0.2) is 35.8 Å². The Morgan fingerprint density at radius 1 is 1.56 bits per heavy atom. The van der Waals surface area contributed by atoms with Crippen LogP contribution >= 0.6 is 0 Å². The molecule has 1 fully saturated rings. The number of nitrogens with one attached hydrogen (secondary N) is 1. The molecule has 16 heavy (non-hydrogen) atoms. The summed E-state index contributed by atoms with van der Waals surface area (Å²) >= 11 is 0. The van der Waals surface area contributed by atoms with E-state index in [0.717, 1.165) is 12.0 Å². The van der Waals surface area contributed by atoms with Gasteiger partial charge in [-0.3, -0.25) is 9.59 Å². The molecule has 1 saturated heterocycles. The fourth-order valence-electron chi connectivity index (χ4n) is 1.98. The van der Waals surface area contributed by atoms with Crippen LogP contribution in [0.5, 0.6) is 0 Å². The number of piperazine rings is 1. The van der Waals surface area contributed by atoms with Crippen molar-refractivity contribution in [3.8, 4) is 0 Å². The topological polar surface area (TPSA) is 49.4 Å². The summed E-state index contributed by atoms with van der Waals surface area (Å²) in [6, 6.07) is -0.304. The molecule has 0 radical (unpaired) electrons. The summed E-state index contributed by atoms with van der Waals surface area (Å²) in [5.41, 5.74) is 0.732. The maximum absolute atomic E-state index is 12.1. The second-order valence-electron chi connectivity index (χ2n) is 4.01. The third-order valence-electron chi connectivity index (χ3n) is 2.83. The van der Waals surface area contributed by atoms with Crippen molar-refractivity contribution in [2.45, 2.75) is 39.7 Å². The average molecular weight is 224 g/mol. The van der Waals surface area contributed by atoms with Crippen LogP contribution in [0.3, 0.4) is 0 Å². The molecular weight excluding hydrogens is 204 g/mol. The molecule has 1 aliphatic rings. The quantitative estimate of drug-likeness (QED) is 0.729. The highest BCUT2D eigenvalue weighted by molar-refractivity contribution is 5.97. The number of rotatable bonds is 3. The SMILES string of the molecule is CC/C=C(\C)C(=O)N1CCNC(=O)[C@H]1CC. The maximum Gasteiger partial charge on any atom is 0.249 e. The maximum atomic E-state index is 12.1. The normalized spacial score (nSPS) is 21.9. The van der Waals surface area contributed by atoms with E-state index >= 15 is 0 Å². The fourth-order valence-corrected chi connectivity index (χ4v) is 1.98. The second-order valence-corrected chi connectivity index (χ2v) is 4.01. The number of nitrogens with zero attached hydrogens (tertiary/aromatic N) is 1. The highest BCUT2D eigenvalue weighted by atomic mass is 16.2. The van der Waals surface area contributed by atoms with E-state index in [1.165, 1.54) is 0 Å². The first-order valence-electron chi connectivity index (χ1n) is 5.87. The van der Waals surface area contributed by atoms with Crippen LogP contribution in [0.25, 0.3) is 0 Å². The van der Waals surface area contributed by atoms with Gasteiger partial charge in [-0.05, 0) is 19.8 Å². The third-order valence-corrected chi connectivity index (χ3v) is 2.83. The lowest BCUT2D eigenvalue weighted by Gasteiger charge is -2.34. The largest absolute Gasteiger partial charge is 0.353 e. The Morgan fingerprint density at radius 2 is 2.25 bits per heavy atom. The average Bonchev–Trinajstić information content (AvgIpc) is 2.28. The Morgan fingerprint density at radius 3 is 2.81 bits per heavy atom. The molecule has 90 valence electrons. The smallest absolute Gasteiger partial charge is 0.249 e. The van der Waals surface area contributed by atoms with Gasteiger partial charge in [0.25, 0.3) is 0 Å². The molecule has 0 spiro atoms. The van der Waals surface area contributed by atoms with Crippen LogP contribution in [0.2, 0.25) is 0 Å². The molecule has 0 aromatic heterocycles. The summed E-state index contributed by atoms with van der Waals surface area (Å²) in [5.74, 6) is -0.0463. The van der Waals surface area contributed by atoms with E-state index in [2.05, 4.69) is 5.32 Å². The molecule has 0 unspecified atom stereocenters. The van der Waals surface area contributed by atoms with Crippen molar-refractivity contribution in [1.29, 1.82) is 0 Å². The van der Waals surface area contributed by atoms with Crippen LogP contribution in [0.4, 0.5) is 0 Å². The molecule has 1 N–H and O–H groups in total. The van der Waals surface area contributed by atoms with E-state index < -0.39 is 0 Å². The van der Waals surface area contributed by atoms with Gasteiger partial charge in [-0.1, -0.05) is 19.9 Å². The number of hydrogen-bond acceptors (Lipinski definition) is 2. The molecular formula is C12H20N2O2. The number of carbonyl (C=O) groups is 2. The number of carbonyl (C=O) groups excluding carboxylic acids is 2. The monoisotopic (exact) mass is 224 g/mol. The Balaban J connectivity index is 2.81. The first-order valence-corrected chi connectivity index (χ1v) is 5.87. The summed E-state index contributed by atoms with van der Waals surface area (Å²) in [7, 11) is 0.